The molecule has 0 spiro atoms. The number of nitriles is 1. The van der Waals surface area contributed by atoms with E-state index in [1.165, 1.54) is 12.1 Å². The number of amides is 2. The summed E-state index contributed by atoms with van der Waals surface area (Å²) in [6.45, 7) is 4.44. The van der Waals surface area contributed by atoms with Crippen molar-refractivity contribution in [3.05, 3.63) is 29.8 Å². The second-order valence-corrected chi connectivity index (χ2v) is 4.85. The van der Waals surface area contributed by atoms with Crippen LogP contribution in [-0.2, 0) is 4.79 Å². The number of benzene rings is 1. The van der Waals surface area contributed by atoms with E-state index < -0.39 is 11.8 Å². The molecule has 2 atom stereocenters. The normalized spacial score (nSPS) is 20.5. The molecule has 2 amide bonds. The smallest absolute Gasteiger partial charge is 0.261 e. The SMILES string of the molecule is CC.CN1CC(C(=O)NC(=O)c2ccccc2O)CC1C#N. The van der Waals surface area contributed by atoms with Gasteiger partial charge >= 0.3 is 0 Å². The standard InChI is InChI=1S/C14H15N3O3.C2H6/c1-17-8-9(6-10(17)7-15)13(19)16-14(20)11-4-2-3-5-12(11)18;1-2/h2-5,9-10,18H,6,8H2,1H3,(H,16,19,20);1-2H3. The molecule has 1 fully saturated rings. The molecular weight excluding hydrogens is 282 g/mol. The molecule has 2 N–H and O–H groups in total. The van der Waals surface area contributed by atoms with Gasteiger partial charge in [0.2, 0.25) is 5.91 Å². The number of rotatable bonds is 2. The third-order valence-corrected chi connectivity index (χ3v) is 3.45. The van der Waals surface area contributed by atoms with E-state index in [0.29, 0.717) is 13.0 Å². The average Bonchev–Trinajstić information content (AvgIpc) is 2.91. The zero-order chi connectivity index (χ0) is 16.7. The number of imide groups is 1. The minimum absolute atomic E-state index is 0.0593. The van der Waals surface area contributed by atoms with Crippen molar-refractivity contribution in [2.75, 3.05) is 13.6 Å². The first-order chi connectivity index (χ1) is 10.5. The molecule has 6 heteroatoms. The number of likely N-dealkylation sites (tertiary alicyclic amines) is 1. The molecule has 0 radical (unpaired) electrons. The highest BCUT2D eigenvalue weighted by Gasteiger charge is 2.34. The Morgan fingerprint density at radius 3 is 2.55 bits per heavy atom. The fraction of sp³-hybridized carbons (Fsp3) is 0.438. The van der Waals surface area contributed by atoms with E-state index in [9.17, 15) is 14.7 Å². The number of para-hydroxylation sites is 1. The van der Waals surface area contributed by atoms with Crippen LogP contribution < -0.4 is 5.32 Å². The van der Waals surface area contributed by atoms with Gasteiger partial charge < -0.3 is 5.11 Å². The molecule has 0 aromatic heterocycles. The third-order valence-electron chi connectivity index (χ3n) is 3.45. The van der Waals surface area contributed by atoms with Gasteiger partial charge in [-0.05, 0) is 25.6 Å². The number of aromatic hydroxyl groups is 1. The van der Waals surface area contributed by atoms with Gasteiger partial charge in [0.05, 0.1) is 23.6 Å². The Kier molecular flexibility index (Phi) is 6.54. The fourth-order valence-electron chi connectivity index (χ4n) is 2.29. The van der Waals surface area contributed by atoms with Crippen molar-refractivity contribution in [1.82, 2.24) is 10.2 Å². The zero-order valence-electron chi connectivity index (χ0n) is 13.0. The van der Waals surface area contributed by atoms with Gasteiger partial charge in [-0.15, -0.1) is 0 Å². The lowest BCUT2D eigenvalue weighted by molar-refractivity contribution is -0.123. The number of hydrogen-bond acceptors (Lipinski definition) is 5. The largest absolute Gasteiger partial charge is 0.507 e. The minimum Gasteiger partial charge on any atom is -0.507 e. The zero-order valence-corrected chi connectivity index (χ0v) is 13.0. The Morgan fingerprint density at radius 1 is 1.36 bits per heavy atom. The molecule has 118 valence electrons. The van der Waals surface area contributed by atoms with E-state index in [4.69, 9.17) is 5.26 Å². The van der Waals surface area contributed by atoms with Crippen LogP contribution in [0.3, 0.4) is 0 Å². The van der Waals surface area contributed by atoms with E-state index in [2.05, 4.69) is 11.4 Å². The highest BCUT2D eigenvalue weighted by Crippen LogP contribution is 2.22. The Labute approximate surface area is 130 Å². The first kappa shape index (κ1) is 17.7. The summed E-state index contributed by atoms with van der Waals surface area (Å²) in [5.74, 6) is -1.60. The van der Waals surface area contributed by atoms with E-state index in [1.807, 2.05) is 13.8 Å². The molecule has 0 bridgehead atoms. The molecule has 1 aliphatic rings. The van der Waals surface area contributed by atoms with Crippen molar-refractivity contribution in [1.29, 1.82) is 5.26 Å². The van der Waals surface area contributed by atoms with E-state index >= 15 is 0 Å². The maximum atomic E-state index is 12.0. The molecule has 1 aromatic carbocycles. The molecule has 1 aromatic rings. The Balaban J connectivity index is 0.00000116. The van der Waals surface area contributed by atoms with Crippen LogP contribution in [-0.4, -0.2) is 41.5 Å². The molecular formula is C16H21N3O3. The monoisotopic (exact) mass is 303 g/mol. The van der Waals surface area contributed by atoms with E-state index in [0.717, 1.165) is 0 Å². The number of hydrogen-bond donors (Lipinski definition) is 2. The molecule has 2 unspecified atom stereocenters. The quantitative estimate of drug-likeness (QED) is 0.808. The minimum atomic E-state index is -0.629. The van der Waals surface area contributed by atoms with Crippen LogP contribution in [0, 0.1) is 17.2 Å². The predicted molar refractivity (Wildman–Crippen MR) is 82.1 cm³/mol. The molecule has 22 heavy (non-hydrogen) atoms. The molecule has 6 nitrogen and oxygen atoms in total. The van der Waals surface area contributed by atoms with Crippen LogP contribution in [0.1, 0.15) is 30.6 Å². The third kappa shape index (κ3) is 4.06. The van der Waals surface area contributed by atoms with Crippen molar-refractivity contribution < 1.29 is 14.7 Å². The van der Waals surface area contributed by atoms with Crippen LogP contribution in [0.2, 0.25) is 0 Å². The van der Waals surface area contributed by atoms with Crippen molar-refractivity contribution in [3.63, 3.8) is 0 Å². The number of phenols is 1. The number of nitrogens with zero attached hydrogens (tertiary/aromatic N) is 2. The van der Waals surface area contributed by atoms with Gasteiger partial charge in [-0.25, -0.2) is 0 Å². The van der Waals surface area contributed by atoms with Gasteiger partial charge in [0.1, 0.15) is 5.75 Å². The van der Waals surface area contributed by atoms with E-state index in [1.54, 1.807) is 24.1 Å². The molecule has 0 saturated carbocycles. The Hall–Kier alpha value is -2.39. The topological polar surface area (TPSA) is 93.4 Å². The lowest BCUT2D eigenvalue weighted by Gasteiger charge is -2.11. The lowest BCUT2D eigenvalue weighted by Crippen LogP contribution is -2.36. The molecule has 1 saturated heterocycles. The second-order valence-electron chi connectivity index (χ2n) is 4.85. The van der Waals surface area contributed by atoms with Crippen molar-refractivity contribution >= 4 is 11.8 Å². The molecule has 1 heterocycles. The first-order valence-corrected chi connectivity index (χ1v) is 7.26. The Morgan fingerprint density at radius 2 is 2.00 bits per heavy atom. The Bertz CT molecular complexity index is 580. The van der Waals surface area contributed by atoms with Gasteiger partial charge in [0.25, 0.3) is 5.91 Å². The number of carbonyl (C=O) groups is 2. The highest BCUT2D eigenvalue weighted by molar-refractivity contribution is 6.06. The van der Waals surface area contributed by atoms with Gasteiger partial charge in [0.15, 0.2) is 0 Å². The van der Waals surface area contributed by atoms with Crippen LogP contribution in [0.15, 0.2) is 24.3 Å². The fourth-order valence-corrected chi connectivity index (χ4v) is 2.29. The van der Waals surface area contributed by atoms with Crippen LogP contribution >= 0.6 is 0 Å². The van der Waals surface area contributed by atoms with Crippen LogP contribution in [0.4, 0.5) is 0 Å². The number of nitrogens with one attached hydrogen (secondary N) is 1. The lowest BCUT2D eigenvalue weighted by atomic mass is 10.1. The number of phenolic OH excluding ortho intramolecular Hbond substituents is 1. The summed E-state index contributed by atoms with van der Waals surface area (Å²) < 4.78 is 0. The van der Waals surface area contributed by atoms with Gasteiger partial charge in [-0.1, -0.05) is 26.0 Å². The second kappa shape index (κ2) is 8.15. The number of carbonyl (C=O) groups excluding carboxylic acids is 2. The van der Waals surface area contributed by atoms with Crippen molar-refractivity contribution in [2.45, 2.75) is 26.3 Å². The maximum Gasteiger partial charge on any atom is 0.261 e. The van der Waals surface area contributed by atoms with E-state index in [-0.39, 0.29) is 23.3 Å². The summed E-state index contributed by atoms with van der Waals surface area (Å²) in [7, 11) is 1.77. The summed E-state index contributed by atoms with van der Waals surface area (Å²) in [5.41, 5.74) is 0.0593. The summed E-state index contributed by atoms with van der Waals surface area (Å²) in [6.07, 6.45) is 0.410. The van der Waals surface area contributed by atoms with Crippen LogP contribution in [0.25, 0.3) is 0 Å². The summed E-state index contributed by atoms with van der Waals surface area (Å²) in [4.78, 5) is 25.7. The first-order valence-electron chi connectivity index (χ1n) is 7.26. The van der Waals surface area contributed by atoms with Gasteiger partial charge in [-0.3, -0.25) is 19.8 Å². The molecule has 2 rings (SSSR count). The highest BCUT2D eigenvalue weighted by atomic mass is 16.3. The summed E-state index contributed by atoms with van der Waals surface area (Å²) >= 11 is 0. The average molecular weight is 303 g/mol. The maximum absolute atomic E-state index is 12.0. The van der Waals surface area contributed by atoms with Gasteiger partial charge in [-0.2, -0.15) is 5.26 Å². The predicted octanol–water partition coefficient (Wildman–Crippen LogP) is 1.52. The van der Waals surface area contributed by atoms with Crippen molar-refractivity contribution in [2.24, 2.45) is 5.92 Å². The summed E-state index contributed by atoms with van der Waals surface area (Å²) in [6, 6.07) is 7.84. The van der Waals surface area contributed by atoms with Crippen molar-refractivity contribution in [3.8, 4) is 11.8 Å². The molecule has 1 aliphatic heterocycles. The van der Waals surface area contributed by atoms with Crippen LogP contribution in [0.5, 0.6) is 5.75 Å². The molecule has 0 aliphatic carbocycles. The van der Waals surface area contributed by atoms with Gasteiger partial charge in [0, 0.05) is 6.54 Å². The summed E-state index contributed by atoms with van der Waals surface area (Å²) in [5, 5.41) is 20.7.